The fourth-order valence-electron chi connectivity index (χ4n) is 3.36. The van der Waals surface area contributed by atoms with Crippen molar-refractivity contribution in [2.75, 3.05) is 7.05 Å². The normalized spacial score (nSPS) is 11.2. The van der Waals surface area contributed by atoms with Gasteiger partial charge in [0.15, 0.2) is 0 Å². The van der Waals surface area contributed by atoms with E-state index in [0.29, 0.717) is 6.54 Å². The minimum Gasteiger partial charge on any atom is -0.349 e. The Morgan fingerprint density at radius 2 is 2.00 bits per heavy atom. The van der Waals surface area contributed by atoms with Gasteiger partial charge in [0, 0.05) is 31.2 Å². The van der Waals surface area contributed by atoms with Crippen LogP contribution in [0, 0.1) is 20.8 Å². The molecule has 5 nitrogen and oxygen atoms in total. The van der Waals surface area contributed by atoms with Crippen molar-refractivity contribution in [2.24, 2.45) is 0 Å². The highest BCUT2D eigenvalue weighted by atomic mass is 16.2. The van der Waals surface area contributed by atoms with E-state index >= 15 is 0 Å². The molecule has 3 aromatic heterocycles. The van der Waals surface area contributed by atoms with Gasteiger partial charge in [0.25, 0.3) is 5.91 Å². The SMILES string of the molecule is CCn1c(C)cc(C(=O)N(C)Cc2c(C)nc3ccccn23)c1C. The van der Waals surface area contributed by atoms with Gasteiger partial charge < -0.3 is 13.9 Å². The molecule has 126 valence electrons. The summed E-state index contributed by atoms with van der Waals surface area (Å²) in [5, 5.41) is 0. The number of rotatable bonds is 4. The molecule has 3 heterocycles. The summed E-state index contributed by atoms with van der Waals surface area (Å²) in [6.45, 7) is 9.55. The largest absolute Gasteiger partial charge is 0.349 e. The van der Waals surface area contributed by atoms with E-state index in [-0.39, 0.29) is 5.91 Å². The standard InChI is InChI=1S/C19H24N4O/c1-6-22-13(2)11-16(15(22)4)19(24)21(5)12-17-14(3)20-18-9-7-8-10-23(17)18/h7-11H,6,12H2,1-5H3. The molecule has 24 heavy (non-hydrogen) atoms. The highest BCUT2D eigenvalue weighted by Crippen LogP contribution is 2.19. The zero-order valence-corrected chi connectivity index (χ0v) is 15.0. The van der Waals surface area contributed by atoms with Gasteiger partial charge in [-0.3, -0.25) is 4.79 Å². The Labute approximate surface area is 142 Å². The van der Waals surface area contributed by atoms with Crippen LogP contribution >= 0.6 is 0 Å². The number of hydrogen-bond acceptors (Lipinski definition) is 2. The molecule has 5 heteroatoms. The topological polar surface area (TPSA) is 42.5 Å². The van der Waals surface area contributed by atoms with Gasteiger partial charge in [-0.05, 0) is 45.9 Å². The van der Waals surface area contributed by atoms with E-state index in [9.17, 15) is 4.79 Å². The van der Waals surface area contributed by atoms with Gasteiger partial charge in [0.2, 0.25) is 0 Å². The fourth-order valence-corrected chi connectivity index (χ4v) is 3.36. The third-order valence-corrected chi connectivity index (χ3v) is 4.68. The Morgan fingerprint density at radius 1 is 1.25 bits per heavy atom. The van der Waals surface area contributed by atoms with E-state index in [1.807, 2.05) is 58.3 Å². The molecule has 0 aliphatic rings. The summed E-state index contributed by atoms with van der Waals surface area (Å²) in [4.78, 5) is 19.2. The van der Waals surface area contributed by atoms with Crippen LogP contribution in [0.15, 0.2) is 30.5 Å². The number of nitrogens with zero attached hydrogens (tertiary/aromatic N) is 4. The van der Waals surface area contributed by atoms with Crippen molar-refractivity contribution >= 4 is 11.6 Å². The molecular formula is C19H24N4O. The summed E-state index contributed by atoms with van der Waals surface area (Å²) in [6.07, 6.45) is 1.99. The van der Waals surface area contributed by atoms with Crippen molar-refractivity contribution in [3.8, 4) is 0 Å². The summed E-state index contributed by atoms with van der Waals surface area (Å²) in [7, 11) is 1.85. The van der Waals surface area contributed by atoms with Crippen LogP contribution in [0.25, 0.3) is 5.65 Å². The number of pyridine rings is 1. The lowest BCUT2D eigenvalue weighted by molar-refractivity contribution is 0.0782. The lowest BCUT2D eigenvalue weighted by Crippen LogP contribution is -2.27. The second-order valence-corrected chi connectivity index (χ2v) is 6.26. The average Bonchev–Trinajstić information content (AvgIpc) is 3.03. The molecule has 0 atom stereocenters. The maximum atomic E-state index is 12.9. The Balaban J connectivity index is 1.90. The molecule has 0 saturated heterocycles. The number of fused-ring (bicyclic) bond motifs is 1. The number of amides is 1. The number of aryl methyl sites for hydroxylation is 2. The van der Waals surface area contributed by atoms with Crippen molar-refractivity contribution in [2.45, 2.75) is 40.8 Å². The molecular weight excluding hydrogens is 300 g/mol. The van der Waals surface area contributed by atoms with Gasteiger partial charge in [0.05, 0.1) is 23.5 Å². The van der Waals surface area contributed by atoms with E-state index < -0.39 is 0 Å². The van der Waals surface area contributed by atoms with Crippen LogP contribution in [0.2, 0.25) is 0 Å². The lowest BCUT2D eigenvalue weighted by atomic mass is 10.2. The van der Waals surface area contributed by atoms with Crippen LogP contribution in [0.5, 0.6) is 0 Å². The van der Waals surface area contributed by atoms with Crippen LogP contribution in [-0.4, -0.2) is 31.8 Å². The number of hydrogen-bond donors (Lipinski definition) is 0. The first-order valence-electron chi connectivity index (χ1n) is 8.28. The second-order valence-electron chi connectivity index (χ2n) is 6.26. The number of carbonyl (C=O) groups excluding carboxylic acids is 1. The van der Waals surface area contributed by atoms with Crippen molar-refractivity contribution < 1.29 is 4.79 Å². The van der Waals surface area contributed by atoms with Gasteiger partial charge >= 0.3 is 0 Å². The van der Waals surface area contributed by atoms with Crippen molar-refractivity contribution in [1.29, 1.82) is 0 Å². The molecule has 0 aromatic carbocycles. The molecule has 0 bridgehead atoms. The highest BCUT2D eigenvalue weighted by molar-refractivity contribution is 5.95. The molecule has 3 rings (SSSR count). The molecule has 0 N–H and O–H groups in total. The quantitative estimate of drug-likeness (QED) is 0.738. The van der Waals surface area contributed by atoms with Gasteiger partial charge in [-0.15, -0.1) is 0 Å². The van der Waals surface area contributed by atoms with Crippen molar-refractivity contribution in [3.63, 3.8) is 0 Å². The molecule has 3 aromatic rings. The van der Waals surface area contributed by atoms with Crippen LogP contribution < -0.4 is 0 Å². The third-order valence-electron chi connectivity index (χ3n) is 4.68. The fraction of sp³-hybridized carbons (Fsp3) is 0.368. The molecule has 1 amide bonds. The predicted molar refractivity (Wildman–Crippen MR) is 95.3 cm³/mol. The van der Waals surface area contributed by atoms with E-state index in [2.05, 4.69) is 20.9 Å². The Morgan fingerprint density at radius 3 is 2.67 bits per heavy atom. The van der Waals surface area contributed by atoms with Gasteiger partial charge in [-0.1, -0.05) is 6.07 Å². The number of imidazole rings is 1. The van der Waals surface area contributed by atoms with Crippen LogP contribution in [0.3, 0.4) is 0 Å². The molecule has 0 fully saturated rings. The smallest absolute Gasteiger partial charge is 0.255 e. The maximum absolute atomic E-state index is 12.9. The molecule has 0 aliphatic heterocycles. The molecule has 0 saturated carbocycles. The Kier molecular flexibility index (Phi) is 4.18. The maximum Gasteiger partial charge on any atom is 0.255 e. The second kappa shape index (κ2) is 6.15. The monoisotopic (exact) mass is 324 g/mol. The van der Waals surface area contributed by atoms with E-state index in [4.69, 9.17) is 0 Å². The molecule has 0 spiro atoms. The third kappa shape index (κ3) is 2.60. The van der Waals surface area contributed by atoms with Gasteiger partial charge in [-0.2, -0.15) is 0 Å². The first-order valence-corrected chi connectivity index (χ1v) is 8.28. The molecule has 0 unspecified atom stereocenters. The first-order chi connectivity index (χ1) is 11.4. The highest BCUT2D eigenvalue weighted by Gasteiger charge is 2.20. The van der Waals surface area contributed by atoms with E-state index in [1.165, 1.54) is 0 Å². The predicted octanol–water partition coefficient (Wildman–Crippen LogP) is 3.35. The first kappa shape index (κ1) is 16.3. The number of aromatic nitrogens is 3. The van der Waals surface area contributed by atoms with Crippen molar-refractivity contribution in [1.82, 2.24) is 18.9 Å². The minimum atomic E-state index is 0.0491. The zero-order valence-electron chi connectivity index (χ0n) is 15.0. The summed E-state index contributed by atoms with van der Waals surface area (Å²) >= 11 is 0. The summed E-state index contributed by atoms with van der Waals surface area (Å²) in [5.41, 5.74) is 5.85. The summed E-state index contributed by atoms with van der Waals surface area (Å²) in [5.74, 6) is 0.0491. The van der Waals surface area contributed by atoms with E-state index in [1.54, 1.807) is 4.90 Å². The molecule has 0 radical (unpaired) electrons. The van der Waals surface area contributed by atoms with Gasteiger partial charge in [0.1, 0.15) is 5.65 Å². The lowest BCUT2D eigenvalue weighted by Gasteiger charge is -2.18. The van der Waals surface area contributed by atoms with Crippen LogP contribution in [0.4, 0.5) is 0 Å². The molecule has 0 aliphatic carbocycles. The van der Waals surface area contributed by atoms with E-state index in [0.717, 1.165) is 40.5 Å². The number of carbonyl (C=O) groups is 1. The Hall–Kier alpha value is -2.56. The Bertz CT molecular complexity index is 904. The zero-order chi connectivity index (χ0) is 17.4. The minimum absolute atomic E-state index is 0.0491. The summed E-state index contributed by atoms with van der Waals surface area (Å²) < 4.78 is 4.22. The summed E-state index contributed by atoms with van der Waals surface area (Å²) in [6, 6.07) is 7.92. The van der Waals surface area contributed by atoms with Gasteiger partial charge in [-0.25, -0.2) is 4.98 Å². The average molecular weight is 324 g/mol. The van der Waals surface area contributed by atoms with Crippen molar-refractivity contribution in [3.05, 3.63) is 58.8 Å². The van der Waals surface area contributed by atoms with Crippen LogP contribution in [0.1, 0.15) is 40.1 Å². The van der Waals surface area contributed by atoms with Crippen LogP contribution in [-0.2, 0) is 13.1 Å².